The highest BCUT2D eigenvalue weighted by Gasteiger charge is 2.35. The predicted octanol–water partition coefficient (Wildman–Crippen LogP) is 2.30. The van der Waals surface area contributed by atoms with Crippen LogP contribution in [0, 0.1) is 6.92 Å². The first kappa shape index (κ1) is 17.8. The van der Waals surface area contributed by atoms with E-state index < -0.39 is 5.54 Å². The Bertz CT molecular complexity index is 539. The van der Waals surface area contributed by atoms with Crippen molar-refractivity contribution in [2.75, 3.05) is 13.2 Å². The predicted molar refractivity (Wildman–Crippen MR) is 90.4 cm³/mol. The van der Waals surface area contributed by atoms with Crippen LogP contribution in [0.1, 0.15) is 44.2 Å². The lowest BCUT2D eigenvalue weighted by atomic mass is 9.90. The molecule has 0 aliphatic carbocycles. The Balaban J connectivity index is 2.03. The molecule has 5 nitrogen and oxygen atoms in total. The van der Waals surface area contributed by atoms with Crippen molar-refractivity contribution in [1.82, 2.24) is 5.32 Å². The average Bonchev–Trinajstić information content (AvgIpc) is 2.54. The van der Waals surface area contributed by atoms with Crippen LogP contribution >= 0.6 is 0 Å². The molecule has 3 N–H and O–H groups in total. The van der Waals surface area contributed by atoms with Crippen LogP contribution in [0.15, 0.2) is 18.2 Å². The number of ether oxygens (including phenoxy) is 2. The molecule has 1 aromatic carbocycles. The van der Waals surface area contributed by atoms with Crippen molar-refractivity contribution in [2.24, 2.45) is 5.73 Å². The Hall–Kier alpha value is -1.59. The van der Waals surface area contributed by atoms with Gasteiger partial charge in [-0.25, -0.2) is 0 Å². The molecule has 1 amide bonds. The molecule has 1 heterocycles. The van der Waals surface area contributed by atoms with Gasteiger partial charge in [0.2, 0.25) is 5.91 Å². The van der Waals surface area contributed by atoms with Gasteiger partial charge in [0, 0.05) is 25.3 Å². The Morgan fingerprint density at radius 1 is 1.43 bits per heavy atom. The topological polar surface area (TPSA) is 73.6 Å². The van der Waals surface area contributed by atoms with Crippen molar-refractivity contribution in [1.29, 1.82) is 0 Å². The van der Waals surface area contributed by atoms with Crippen LogP contribution in [0.4, 0.5) is 0 Å². The fourth-order valence-corrected chi connectivity index (χ4v) is 2.53. The summed E-state index contributed by atoms with van der Waals surface area (Å²) in [5, 5.41) is 2.96. The van der Waals surface area contributed by atoms with Crippen molar-refractivity contribution >= 4 is 5.91 Å². The third-order valence-corrected chi connectivity index (χ3v) is 4.40. The highest BCUT2D eigenvalue weighted by atomic mass is 16.5. The molecule has 1 aromatic rings. The van der Waals surface area contributed by atoms with E-state index in [0.29, 0.717) is 32.6 Å². The lowest BCUT2D eigenvalue weighted by Crippen LogP contribution is -2.56. The van der Waals surface area contributed by atoms with E-state index in [4.69, 9.17) is 15.2 Å². The summed E-state index contributed by atoms with van der Waals surface area (Å²) in [6.07, 6.45) is 2.19. The van der Waals surface area contributed by atoms with Gasteiger partial charge in [0.15, 0.2) is 0 Å². The van der Waals surface area contributed by atoms with E-state index >= 15 is 0 Å². The van der Waals surface area contributed by atoms with Crippen LogP contribution in [-0.4, -0.2) is 30.8 Å². The number of hydrogen-bond acceptors (Lipinski definition) is 4. The monoisotopic (exact) mass is 320 g/mol. The number of benzene rings is 1. The van der Waals surface area contributed by atoms with Crippen LogP contribution < -0.4 is 15.8 Å². The number of nitrogens with two attached hydrogens (primary N) is 1. The molecule has 5 heteroatoms. The molecule has 128 valence electrons. The van der Waals surface area contributed by atoms with Gasteiger partial charge in [0.25, 0.3) is 0 Å². The zero-order valence-corrected chi connectivity index (χ0v) is 14.4. The lowest BCUT2D eigenvalue weighted by molar-refractivity contribution is -0.129. The molecule has 1 aliphatic rings. The van der Waals surface area contributed by atoms with Gasteiger partial charge in [-0.15, -0.1) is 0 Å². The summed E-state index contributed by atoms with van der Waals surface area (Å²) in [5.41, 5.74) is 7.50. The van der Waals surface area contributed by atoms with Gasteiger partial charge >= 0.3 is 0 Å². The summed E-state index contributed by atoms with van der Waals surface area (Å²) < 4.78 is 11.3. The highest BCUT2D eigenvalue weighted by Crippen LogP contribution is 2.23. The molecule has 0 saturated carbocycles. The van der Waals surface area contributed by atoms with Crippen LogP contribution in [0.25, 0.3) is 0 Å². The fourth-order valence-electron chi connectivity index (χ4n) is 2.53. The van der Waals surface area contributed by atoms with Gasteiger partial charge in [0.05, 0.1) is 11.6 Å². The fraction of sp³-hybridized carbons (Fsp3) is 0.611. The molecule has 0 aromatic heterocycles. The molecule has 1 saturated heterocycles. The maximum atomic E-state index is 12.4. The van der Waals surface area contributed by atoms with Crippen molar-refractivity contribution in [3.8, 4) is 5.75 Å². The van der Waals surface area contributed by atoms with E-state index in [0.717, 1.165) is 23.3 Å². The molecule has 1 atom stereocenters. The molecular formula is C18H28N2O3. The number of aryl methyl sites for hydroxylation is 1. The molecule has 0 radical (unpaired) electrons. The molecule has 1 fully saturated rings. The van der Waals surface area contributed by atoms with Gasteiger partial charge in [-0.3, -0.25) is 4.79 Å². The second kappa shape index (κ2) is 7.79. The molecule has 23 heavy (non-hydrogen) atoms. The van der Waals surface area contributed by atoms with Crippen molar-refractivity contribution in [3.63, 3.8) is 0 Å². The smallest absolute Gasteiger partial charge is 0.240 e. The number of hydrogen-bond donors (Lipinski definition) is 2. The van der Waals surface area contributed by atoms with E-state index in [1.807, 2.05) is 32.0 Å². The maximum absolute atomic E-state index is 12.4. The zero-order chi connectivity index (χ0) is 16.9. The summed E-state index contributed by atoms with van der Waals surface area (Å²) in [6, 6.07) is 6.04. The summed E-state index contributed by atoms with van der Waals surface area (Å²) in [6.45, 7) is 7.66. The van der Waals surface area contributed by atoms with Gasteiger partial charge in [-0.1, -0.05) is 19.1 Å². The Morgan fingerprint density at radius 3 is 2.78 bits per heavy atom. The maximum Gasteiger partial charge on any atom is 0.240 e. The quantitative estimate of drug-likeness (QED) is 0.843. The van der Waals surface area contributed by atoms with E-state index in [1.165, 1.54) is 0 Å². The van der Waals surface area contributed by atoms with E-state index in [2.05, 4.69) is 12.2 Å². The highest BCUT2D eigenvalue weighted by molar-refractivity contribution is 5.86. The third kappa shape index (κ3) is 4.69. The Kier molecular flexibility index (Phi) is 6.02. The minimum atomic E-state index is -0.819. The number of amides is 1. The summed E-state index contributed by atoms with van der Waals surface area (Å²) in [5.74, 6) is 0.716. The van der Waals surface area contributed by atoms with Crippen molar-refractivity contribution in [3.05, 3.63) is 29.3 Å². The van der Waals surface area contributed by atoms with Crippen LogP contribution in [0.2, 0.25) is 0 Å². The number of carbonyl (C=O) groups excluding carboxylic acids is 1. The van der Waals surface area contributed by atoms with Gasteiger partial charge in [-0.2, -0.15) is 0 Å². The molecule has 1 unspecified atom stereocenters. The Morgan fingerprint density at radius 2 is 2.13 bits per heavy atom. The van der Waals surface area contributed by atoms with E-state index in [1.54, 1.807) is 0 Å². The molecule has 1 aliphatic heterocycles. The first-order valence-corrected chi connectivity index (χ1v) is 8.35. The van der Waals surface area contributed by atoms with E-state index in [9.17, 15) is 4.79 Å². The van der Waals surface area contributed by atoms with Crippen LogP contribution in [0.3, 0.4) is 0 Å². The first-order chi connectivity index (χ1) is 10.9. The summed E-state index contributed by atoms with van der Waals surface area (Å²) in [7, 11) is 0. The lowest BCUT2D eigenvalue weighted by Gasteiger charge is -2.31. The second-order valence-corrected chi connectivity index (χ2v) is 6.40. The van der Waals surface area contributed by atoms with Gasteiger partial charge in [-0.05, 0) is 44.7 Å². The standard InChI is InChI=1S/C18H28N2O3/c1-4-14(3)23-16-11-13(2)5-6-15(16)12-20-17(21)18(19)7-9-22-10-8-18/h5-6,11,14H,4,7-10,12,19H2,1-3H3,(H,20,21). The first-order valence-electron chi connectivity index (χ1n) is 8.35. The van der Waals surface area contributed by atoms with Crippen molar-refractivity contribution < 1.29 is 14.3 Å². The number of nitrogens with one attached hydrogen (secondary N) is 1. The third-order valence-electron chi connectivity index (χ3n) is 4.40. The normalized spacial score (nSPS) is 18.3. The number of carbonyl (C=O) groups is 1. The summed E-state index contributed by atoms with van der Waals surface area (Å²) >= 11 is 0. The average molecular weight is 320 g/mol. The number of rotatable bonds is 6. The summed E-state index contributed by atoms with van der Waals surface area (Å²) in [4.78, 5) is 12.4. The second-order valence-electron chi connectivity index (χ2n) is 6.40. The molecule has 2 rings (SSSR count). The minimum Gasteiger partial charge on any atom is -0.490 e. The minimum absolute atomic E-state index is 0.115. The van der Waals surface area contributed by atoms with Crippen LogP contribution in [-0.2, 0) is 16.1 Å². The SMILES string of the molecule is CCC(C)Oc1cc(C)ccc1CNC(=O)C1(N)CCOCC1. The largest absolute Gasteiger partial charge is 0.490 e. The van der Waals surface area contributed by atoms with Crippen molar-refractivity contribution in [2.45, 2.75) is 58.2 Å². The van der Waals surface area contributed by atoms with Gasteiger partial charge < -0.3 is 20.5 Å². The van der Waals surface area contributed by atoms with Gasteiger partial charge in [0.1, 0.15) is 5.75 Å². The Labute approximate surface area is 138 Å². The zero-order valence-electron chi connectivity index (χ0n) is 14.4. The van der Waals surface area contributed by atoms with E-state index in [-0.39, 0.29) is 12.0 Å². The van der Waals surface area contributed by atoms with Crippen LogP contribution in [0.5, 0.6) is 5.75 Å². The molecule has 0 spiro atoms. The molecule has 0 bridgehead atoms. The molecular weight excluding hydrogens is 292 g/mol.